The van der Waals surface area contributed by atoms with E-state index < -0.39 is 0 Å². The molecule has 4 nitrogen and oxygen atoms in total. The molecule has 0 aromatic heterocycles. The maximum absolute atomic E-state index is 11.9. The first-order valence-electron chi connectivity index (χ1n) is 6.37. The SMILES string of the molecule is CN(C)C(=CC(=O)NC1CCCCC1)N(C)C. The normalized spacial score (nSPS) is 16.2. The van der Waals surface area contributed by atoms with Crippen LogP contribution in [-0.4, -0.2) is 49.9 Å². The van der Waals surface area contributed by atoms with Crippen molar-refractivity contribution >= 4 is 5.91 Å². The smallest absolute Gasteiger partial charge is 0.247 e. The van der Waals surface area contributed by atoms with Crippen LogP contribution in [0.2, 0.25) is 0 Å². The molecule has 0 atom stereocenters. The van der Waals surface area contributed by atoms with Crippen LogP contribution in [0.1, 0.15) is 32.1 Å². The van der Waals surface area contributed by atoms with Gasteiger partial charge < -0.3 is 15.1 Å². The Kier molecular flexibility index (Phi) is 5.32. The van der Waals surface area contributed by atoms with Crippen LogP contribution in [0.3, 0.4) is 0 Å². The molecule has 0 spiro atoms. The second kappa shape index (κ2) is 6.52. The quantitative estimate of drug-likeness (QED) is 0.753. The summed E-state index contributed by atoms with van der Waals surface area (Å²) in [7, 11) is 7.78. The van der Waals surface area contributed by atoms with Crippen molar-refractivity contribution in [2.75, 3.05) is 28.2 Å². The number of carbonyl (C=O) groups is 1. The lowest BCUT2D eigenvalue weighted by molar-refractivity contribution is -0.117. The van der Waals surface area contributed by atoms with Gasteiger partial charge in [-0.05, 0) is 12.8 Å². The summed E-state index contributed by atoms with van der Waals surface area (Å²) in [4.78, 5) is 15.8. The van der Waals surface area contributed by atoms with Gasteiger partial charge in [0.2, 0.25) is 5.91 Å². The van der Waals surface area contributed by atoms with Gasteiger partial charge in [-0.3, -0.25) is 4.79 Å². The Morgan fingerprint density at radius 2 is 1.59 bits per heavy atom. The van der Waals surface area contributed by atoms with Gasteiger partial charge in [0.05, 0.1) is 0 Å². The third-order valence-corrected chi connectivity index (χ3v) is 3.13. The highest BCUT2D eigenvalue weighted by Crippen LogP contribution is 2.17. The van der Waals surface area contributed by atoms with Gasteiger partial charge in [0.1, 0.15) is 5.82 Å². The number of hydrogen-bond donors (Lipinski definition) is 1. The molecule has 0 heterocycles. The first-order chi connectivity index (χ1) is 8.00. The molecule has 0 unspecified atom stereocenters. The summed E-state index contributed by atoms with van der Waals surface area (Å²) in [6.07, 6.45) is 7.71. The highest BCUT2D eigenvalue weighted by atomic mass is 16.1. The maximum Gasteiger partial charge on any atom is 0.247 e. The molecular weight excluding hydrogens is 214 g/mol. The summed E-state index contributed by atoms with van der Waals surface area (Å²) in [6.45, 7) is 0. The maximum atomic E-state index is 11.9. The molecule has 1 fully saturated rings. The van der Waals surface area contributed by atoms with Crippen LogP contribution >= 0.6 is 0 Å². The summed E-state index contributed by atoms with van der Waals surface area (Å²) >= 11 is 0. The van der Waals surface area contributed by atoms with Gasteiger partial charge in [-0.15, -0.1) is 0 Å². The third kappa shape index (κ3) is 4.67. The van der Waals surface area contributed by atoms with Crippen LogP contribution in [0, 0.1) is 0 Å². The molecule has 1 aliphatic rings. The lowest BCUT2D eigenvalue weighted by atomic mass is 9.95. The van der Waals surface area contributed by atoms with Crippen LogP contribution in [0.15, 0.2) is 11.9 Å². The van der Waals surface area contributed by atoms with E-state index in [1.165, 1.54) is 19.3 Å². The van der Waals surface area contributed by atoms with Crippen molar-refractivity contribution < 1.29 is 4.79 Å². The predicted molar refractivity (Wildman–Crippen MR) is 70.5 cm³/mol. The molecule has 1 amide bonds. The van der Waals surface area contributed by atoms with Crippen molar-refractivity contribution in [3.05, 3.63) is 11.9 Å². The van der Waals surface area contributed by atoms with E-state index >= 15 is 0 Å². The number of hydrogen-bond acceptors (Lipinski definition) is 3. The van der Waals surface area contributed by atoms with Crippen molar-refractivity contribution in [3.63, 3.8) is 0 Å². The van der Waals surface area contributed by atoms with Crippen molar-refractivity contribution in [3.8, 4) is 0 Å². The van der Waals surface area contributed by atoms with E-state index in [4.69, 9.17) is 0 Å². The summed E-state index contributed by atoms with van der Waals surface area (Å²) in [5.41, 5.74) is 0. The Morgan fingerprint density at radius 3 is 2.06 bits per heavy atom. The van der Waals surface area contributed by atoms with Gasteiger partial charge >= 0.3 is 0 Å². The standard InChI is InChI=1S/C13H25N3O/c1-15(2)13(16(3)4)10-12(17)14-11-8-6-5-7-9-11/h10-11H,5-9H2,1-4H3,(H,14,17). The Labute approximate surface area is 105 Å². The van der Waals surface area contributed by atoms with Crippen LogP contribution in [0.25, 0.3) is 0 Å². The fourth-order valence-corrected chi connectivity index (χ4v) is 2.27. The summed E-state index contributed by atoms with van der Waals surface area (Å²) < 4.78 is 0. The lowest BCUT2D eigenvalue weighted by Crippen LogP contribution is -2.36. The second-order valence-electron chi connectivity index (χ2n) is 5.13. The monoisotopic (exact) mass is 239 g/mol. The number of amides is 1. The largest absolute Gasteiger partial charge is 0.364 e. The zero-order valence-electron chi connectivity index (χ0n) is 11.5. The van der Waals surface area contributed by atoms with Gasteiger partial charge in [0.25, 0.3) is 0 Å². The predicted octanol–water partition coefficient (Wildman–Crippen LogP) is 1.40. The Morgan fingerprint density at radius 1 is 1.06 bits per heavy atom. The van der Waals surface area contributed by atoms with Crippen molar-refractivity contribution in [2.45, 2.75) is 38.1 Å². The molecule has 0 aliphatic heterocycles. The van der Waals surface area contributed by atoms with Crippen LogP contribution in [0.5, 0.6) is 0 Å². The third-order valence-electron chi connectivity index (χ3n) is 3.13. The minimum absolute atomic E-state index is 0.0225. The molecule has 1 N–H and O–H groups in total. The first-order valence-corrected chi connectivity index (χ1v) is 6.37. The fourth-order valence-electron chi connectivity index (χ4n) is 2.27. The van der Waals surface area contributed by atoms with E-state index in [2.05, 4.69) is 5.32 Å². The molecule has 0 aromatic rings. The van der Waals surface area contributed by atoms with Gasteiger partial charge in [-0.2, -0.15) is 0 Å². The van der Waals surface area contributed by atoms with E-state index in [1.54, 1.807) is 6.08 Å². The minimum Gasteiger partial charge on any atom is -0.364 e. The second-order valence-corrected chi connectivity index (χ2v) is 5.13. The molecule has 98 valence electrons. The highest BCUT2D eigenvalue weighted by molar-refractivity contribution is 5.88. The zero-order chi connectivity index (χ0) is 12.8. The molecule has 1 saturated carbocycles. The Bertz CT molecular complexity index is 268. The van der Waals surface area contributed by atoms with Crippen LogP contribution < -0.4 is 5.32 Å². The van der Waals surface area contributed by atoms with E-state index in [0.29, 0.717) is 6.04 Å². The van der Waals surface area contributed by atoms with Gasteiger partial charge in [-0.25, -0.2) is 0 Å². The van der Waals surface area contributed by atoms with E-state index in [-0.39, 0.29) is 5.91 Å². The van der Waals surface area contributed by atoms with Crippen molar-refractivity contribution in [1.82, 2.24) is 15.1 Å². The molecule has 0 saturated heterocycles. The molecule has 17 heavy (non-hydrogen) atoms. The molecule has 0 aromatic carbocycles. The van der Waals surface area contributed by atoms with Crippen LogP contribution in [-0.2, 0) is 4.79 Å². The molecule has 4 heteroatoms. The average molecular weight is 239 g/mol. The molecule has 1 rings (SSSR count). The molecule has 0 radical (unpaired) electrons. The minimum atomic E-state index is 0.0225. The highest BCUT2D eigenvalue weighted by Gasteiger charge is 2.15. The van der Waals surface area contributed by atoms with Gasteiger partial charge in [0, 0.05) is 40.3 Å². The summed E-state index contributed by atoms with van der Waals surface area (Å²) in [6, 6.07) is 0.373. The van der Waals surface area contributed by atoms with E-state index in [9.17, 15) is 4.79 Å². The lowest BCUT2D eigenvalue weighted by Gasteiger charge is -2.26. The summed E-state index contributed by atoms with van der Waals surface area (Å²) in [5.74, 6) is 0.938. The number of carbonyl (C=O) groups excluding carboxylic acids is 1. The van der Waals surface area contributed by atoms with Crippen molar-refractivity contribution in [1.29, 1.82) is 0 Å². The fraction of sp³-hybridized carbons (Fsp3) is 0.769. The Hall–Kier alpha value is -1.19. The number of nitrogens with zero attached hydrogens (tertiary/aromatic N) is 2. The molecule has 1 aliphatic carbocycles. The molecular formula is C13H25N3O. The Balaban J connectivity index is 2.53. The molecule has 0 bridgehead atoms. The zero-order valence-corrected chi connectivity index (χ0v) is 11.5. The van der Waals surface area contributed by atoms with Gasteiger partial charge in [-0.1, -0.05) is 19.3 Å². The van der Waals surface area contributed by atoms with E-state index in [0.717, 1.165) is 18.7 Å². The number of nitrogens with one attached hydrogen (secondary N) is 1. The average Bonchev–Trinajstić information content (AvgIpc) is 2.26. The van der Waals surface area contributed by atoms with Crippen molar-refractivity contribution in [2.24, 2.45) is 0 Å². The first kappa shape index (κ1) is 13.9. The van der Waals surface area contributed by atoms with Gasteiger partial charge in [0.15, 0.2) is 0 Å². The van der Waals surface area contributed by atoms with Crippen LogP contribution in [0.4, 0.5) is 0 Å². The topological polar surface area (TPSA) is 35.6 Å². The summed E-state index contributed by atoms with van der Waals surface area (Å²) in [5, 5.41) is 3.09. The number of rotatable bonds is 4. The van der Waals surface area contributed by atoms with E-state index in [1.807, 2.05) is 38.0 Å².